The molecule has 0 saturated carbocycles. The van der Waals surface area contributed by atoms with Gasteiger partial charge in [-0.25, -0.2) is 0 Å². The Labute approximate surface area is 159 Å². The number of rotatable bonds is 10. The summed E-state index contributed by atoms with van der Waals surface area (Å²) in [4.78, 5) is 0. The van der Waals surface area contributed by atoms with Crippen LogP contribution in [0.4, 0.5) is 0 Å². The Morgan fingerprint density at radius 3 is 2.38 bits per heavy atom. The molecule has 1 aromatic carbocycles. The molecule has 0 radical (unpaired) electrons. The molecule has 1 unspecified atom stereocenters. The summed E-state index contributed by atoms with van der Waals surface area (Å²) in [5, 5.41) is 0. The fourth-order valence-corrected chi connectivity index (χ4v) is 3.17. The van der Waals surface area contributed by atoms with Crippen LogP contribution in [-0.2, 0) is 11.2 Å². The standard InChI is InChI=1S/C23H34O3/c1-17(8-7-9-18(2)11-15-22-23(3,4)26-22)10-12-19-16-20(24-5)13-14-21(19)25-6/h9-10,13-14,16,22H,7-8,11-12,15H2,1-6H3/b17-10+,18-9?. The second-order valence-corrected chi connectivity index (χ2v) is 7.77. The first-order valence-corrected chi connectivity index (χ1v) is 9.55. The van der Waals surface area contributed by atoms with Gasteiger partial charge in [-0.15, -0.1) is 0 Å². The van der Waals surface area contributed by atoms with Crippen LogP contribution in [-0.4, -0.2) is 25.9 Å². The maximum atomic E-state index is 5.65. The molecule has 0 amide bonds. The van der Waals surface area contributed by atoms with Crippen LogP contribution in [0.2, 0.25) is 0 Å². The zero-order chi connectivity index (χ0) is 19.2. The Balaban J connectivity index is 1.78. The summed E-state index contributed by atoms with van der Waals surface area (Å²) in [6.45, 7) is 8.77. The summed E-state index contributed by atoms with van der Waals surface area (Å²) in [6, 6.07) is 5.95. The summed E-state index contributed by atoms with van der Waals surface area (Å²) in [7, 11) is 3.40. The molecule has 1 heterocycles. The zero-order valence-corrected chi connectivity index (χ0v) is 17.2. The number of hydrogen-bond acceptors (Lipinski definition) is 3. The molecule has 0 aromatic heterocycles. The third-order valence-corrected chi connectivity index (χ3v) is 5.15. The molecule has 1 fully saturated rings. The highest BCUT2D eigenvalue weighted by molar-refractivity contribution is 5.41. The Bertz CT molecular complexity index is 655. The zero-order valence-electron chi connectivity index (χ0n) is 17.2. The number of ether oxygens (including phenoxy) is 3. The second kappa shape index (κ2) is 9.27. The SMILES string of the molecule is COc1ccc(OC)c(C/C=C(\C)CCC=C(C)CCC2OC2(C)C)c1. The Morgan fingerprint density at radius 1 is 1.08 bits per heavy atom. The van der Waals surface area contributed by atoms with Crippen molar-refractivity contribution in [2.75, 3.05) is 14.2 Å². The van der Waals surface area contributed by atoms with Crippen LogP contribution in [0.5, 0.6) is 11.5 Å². The average Bonchev–Trinajstić information content (AvgIpc) is 3.24. The Hall–Kier alpha value is -1.74. The molecule has 1 aromatic rings. The van der Waals surface area contributed by atoms with Crippen LogP contribution in [0.25, 0.3) is 0 Å². The number of methoxy groups -OCH3 is 2. The molecule has 1 aliphatic heterocycles. The van der Waals surface area contributed by atoms with Gasteiger partial charge in [0.15, 0.2) is 0 Å². The number of benzene rings is 1. The predicted octanol–water partition coefficient (Wildman–Crippen LogP) is 5.88. The molecule has 3 heteroatoms. The van der Waals surface area contributed by atoms with E-state index in [0.29, 0.717) is 6.10 Å². The topological polar surface area (TPSA) is 31.0 Å². The molecular weight excluding hydrogens is 324 g/mol. The van der Waals surface area contributed by atoms with Crippen LogP contribution < -0.4 is 9.47 Å². The summed E-state index contributed by atoms with van der Waals surface area (Å²) in [6.07, 6.45) is 10.4. The van der Waals surface area contributed by atoms with Gasteiger partial charge in [-0.05, 0) is 78.0 Å². The minimum absolute atomic E-state index is 0.112. The van der Waals surface area contributed by atoms with Crippen LogP contribution in [0.3, 0.4) is 0 Å². The fraction of sp³-hybridized carbons (Fsp3) is 0.565. The van der Waals surface area contributed by atoms with Gasteiger partial charge < -0.3 is 14.2 Å². The first-order valence-electron chi connectivity index (χ1n) is 9.55. The van der Waals surface area contributed by atoms with E-state index >= 15 is 0 Å². The first kappa shape index (κ1) is 20.6. The highest BCUT2D eigenvalue weighted by atomic mass is 16.6. The lowest BCUT2D eigenvalue weighted by atomic mass is 10.0. The quantitative estimate of drug-likeness (QED) is 0.387. The Kier molecular flexibility index (Phi) is 7.33. The van der Waals surface area contributed by atoms with Gasteiger partial charge in [0.1, 0.15) is 11.5 Å². The number of epoxide rings is 1. The summed E-state index contributed by atoms with van der Waals surface area (Å²) in [5.41, 5.74) is 4.15. The van der Waals surface area contributed by atoms with Crippen molar-refractivity contribution in [3.05, 3.63) is 47.1 Å². The molecule has 0 aliphatic carbocycles. The number of allylic oxidation sites excluding steroid dienone is 4. The van der Waals surface area contributed by atoms with Crippen LogP contribution >= 0.6 is 0 Å². The van der Waals surface area contributed by atoms with Gasteiger partial charge in [0, 0.05) is 5.56 Å². The van der Waals surface area contributed by atoms with Gasteiger partial charge in [0.2, 0.25) is 0 Å². The van der Waals surface area contributed by atoms with Crippen molar-refractivity contribution in [2.24, 2.45) is 0 Å². The van der Waals surface area contributed by atoms with Crippen LogP contribution in [0, 0.1) is 0 Å². The molecule has 0 N–H and O–H groups in total. The monoisotopic (exact) mass is 358 g/mol. The van der Waals surface area contributed by atoms with E-state index in [9.17, 15) is 0 Å². The average molecular weight is 359 g/mol. The molecule has 1 aliphatic rings. The molecule has 26 heavy (non-hydrogen) atoms. The largest absolute Gasteiger partial charge is 0.497 e. The van der Waals surface area contributed by atoms with Gasteiger partial charge in [-0.3, -0.25) is 0 Å². The van der Waals surface area contributed by atoms with Gasteiger partial charge in [-0.1, -0.05) is 23.3 Å². The van der Waals surface area contributed by atoms with Crippen molar-refractivity contribution in [1.82, 2.24) is 0 Å². The lowest BCUT2D eigenvalue weighted by Crippen LogP contribution is -2.02. The van der Waals surface area contributed by atoms with Crippen molar-refractivity contribution in [1.29, 1.82) is 0 Å². The molecule has 1 saturated heterocycles. The van der Waals surface area contributed by atoms with Gasteiger partial charge in [-0.2, -0.15) is 0 Å². The predicted molar refractivity (Wildman–Crippen MR) is 108 cm³/mol. The van der Waals surface area contributed by atoms with E-state index in [0.717, 1.165) is 49.2 Å². The molecule has 0 spiro atoms. The lowest BCUT2D eigenvalue weighted by molar-refractivity contribution is 0.320. The third-order valence-electron chi connectivity index (χ3n) is 5.15. The van der Waals surface area contributed by atoms with Crippen LogP contribution in [0.15, 0.2) is 41.5 Å². The fourth-order valence-electron chi connectivity index (χ4n) is 3.17. The van der Waals surface area contributed by atoms with E-state index in [4.69, 9.17) is 14.2 Å². The first-order chi connectivity index (χ1) is 12.4. The molecule has 3 nitrogen and oxygen atoms in total. The minimum atomic E-state index is 0.112. The summed E-state index contributed by atoms with van der Waals surface area (Å²) < 4.78 is 16.4. The molecule has 144 valence electrons. The minimum Gasteiger partial charge on any atom is -0.497 e. The highest BCUT2D eigenvalue weighted by Gasteiger charge is 2.46. The Morgan fingerprint density at radius 2 is 1.77 bits per heavy atom. The van der Waals surface area contributed by atoms with Crippen molar-refractivity contribution in [3.63, 3.8) is 0 Å². The maximum Gasteiger partial charge on any atom is 0.122 e. The van der Waals surface area contributed by atoms with Crippen molar-refractivity contribution < 1.29 is 14.2 Å². The van der Waals surface area contributed by atoms with Gasteiger partial charge >= 0.3 is 0 Å². The molecule has 0 bridgehead atoms. The molecular formula is C23H34O3. The maximum absolute atomic E-state index is 5.65. The second-order valence-electron chi connectivity index (χ2n) is 7.77. The van der Waals surface area contributed by atoms with Gasteiger partial charge in [0.05, 0.1) is 25.9 Å². The highest BCUT2D eigenvalue weighted by Crippen LogP contribution is 2.39. The van der Waals surface area contributed by atoms with E-state index in [-0.39, 0.29) is 5.60 Å². The van der Waals surface area contributed by atoms with Gasteiger partial charge in [0.25, 0.3) is 0 Å². The lowest BCUT2D eigenvalue weighted by Gasteiger charge is -2.09. The van der Waals surface area contributed by atoms with Crippen molar-refractivity contribution in [2.45, 2.75) is 71.5 Å². The smallest absolute Gasteiger partial charge is 0.122 e. The molecule has 1 atom stereocenters. The van der Waals surface area contributed by atoms with E-state index in [1.54, 1.807) is 14.2 Å². The van der Waals surface area contributed by atoms with Crippen molar-refractivity contribution in [3.8, 4) is 11.5 Å². The normalized spacial score (nSPS) is 19.4. The van der Waals surface area contributed by atoms with E-state index < -0.39 is 0 Å². The summed E-state index contributed by atoms with van der Waals surface area (Å²) in [5.74, 6) is 1.78. The third kappa shape index (κ3) is 6.21. The van der Waals surface area contributed by atoms with Crippen LogP contribution in [0.1, 0.15) is 58.9 Å². The van der Waals surface area contributed by atoms with Crippen molar-refractivity contribution >= 4 is 0 Å². The number of hydrogen-bond donors (Lipinski definition) is 0. The molecule has 2 rings (SSSR count). The van der Waals surface area contributed by atoms with E-state index in [1.807, 2.05) is 18.2 Å². The van der Waals surface area contributed by atoms with E-state index in [1.165, 1.54) is 11.1 Å². The summed E-state index contributed by atoms with van der Waals surface area (Å²) >= 11 is 0. The van der Waals surface area contributed by atoms with E-state index in [2.05, 4.69) is 39.8 Å².